The normalized spacial score (nSPS) is 21.5. The Morgan fingerprint density at radius 1 is 1.53 bits per heavy atom. The molecule has 1 heterocycles. The molecule has 2 unspecified atom stereocenters. The zero-order chi connectivity index (χ0) is 12.8. The summed E-state index contributed by atoms with van der Waals surface area (Å²) in [5, 5.41) is 11.8. The summed E-state index contributed by atoms with van der Waals surface area (Å²) in [6.07, 6.45) is 1.97. The highest BCUT2D eigenvalue weighted by molar-refractivity contribution is 5.78. The maximum atomic E-state index is 11.8. The van der Waals surface area contributed by atoms with Crippen molar-refractivity contribution in [1.82, 2.24) is 10.2 Å². The van der Waals surface area contributed by atoms with Crippen molar-refractivity contribution in [3.63, 3.8) is 0 Å². The van der Waals surface area contributed by atoms with Crippen molar-refractivity contribution < 1.29 is 14.7 Å². The van der Waals surface area contributed by atoms with E-state index >= 15 is 0 Å². The summed E-state index contributed by atoms with van der Waals surface area (Å²) in [4.78, 5) is 24.1. The van der Waals surface area contributed by atoms with E-state index in [1.807, 2.05) is 6.92 Å². The lowest BCUT2D eigenvalue weighted by molar-refractivity contribution is -0.138. The van der Waals surface area contributed by atoms with E-state index in [0.29, 0.717) is 25.7 Å². The summed E-state index contributed by atoms with van der Waals surface area (Å²) in [6.45, 7) is 5.76. The summed E-state index contributed by atoms with van der Waals surface area (Å²) in [5.74, 6) is -0.569. The molecule has 1 fully saturated rings. The van der Waals surface area contributed by atoms with Crippen LogP contribution in [-0.2, 0) is 9.59 Å². The Labute approximate surface area is 102 Å². The van der Waals surface area contributed by atoms with Gasteiger partial charge in [-0.05, 0) is 25.7 Å². The van der Waals surface area contributed by atoms with Gasteiger partial charge in [-0.2, -0.15) is 0 Å². The molecule has 17 heavy (non-hydrogen) atoms. The molecule has 0 aromatic rings. The van der Waals surface area contributed by atoms with Gasteiger partial charge in [0.25, 0.3) is 0 Å². The molecule has 98 valence electrons. The molecule has 0 radical (unpaired) electrons. The van der Waals surface area contributed by atoms with Gasteiger partial charge >= 0.3 is 5.97 Å². The number of carbonyl (C=O) groups is 2. The number of carboxylic acid groups (broad SMARTS) is 1. The largest absolute Gasteiger partial charge is 0.481 e. The van der Waals surface area contributed by atoms with E-state index in [1.54, 1.807) is 4.90 Å². The Bertz CT molecular complexity index is 281. The smallest absolute Gasteiger partial charge is 0.303 e. The highest BCUT2D eigenvalue weighted by Gasteiger charge is 2.27. The van der Waals surface area contributed by atoms with Crippen LogP contribution in [0.2, 0.25) is 0 Å². The molecular weight excluding hydrogens is 220 g/mol. The van der Waals surface area contributed by atoms with Crippen LogP contribution in [0.15, 0.2) is 0 Å². The van der Waals surface area contributed by atoms with Crippen LogP contribution >= 0.6 is 0 Å². The average Bonchev–Trinajstić information content (AvgIpc) is 2.72. The second-order valence-corrected chi connectivity index (χ2v) is 4.78. The van der Waals surface area contributed by atoms with Gasteiger partial charge in [0.15, 0.2) is 0 Å². The van der Waals surface area contributed by atoms with E-state index in [-0.39, 0.29) is 18.2 Å². The number of hydrogen-bond acceptors (Lipinski definition) is 3. The zero-order valence-electron chi connectivity index (χ0n) is 10.6. The fraction of sp³-hybridized carbons (Fsp3) is 0.833. The van der Waals surface area contributed by atoms with Gasteiger partial charge < -0.3 is 15.3 Å². The van der Waals surface area contributed by atoms with Crippen LogP contribution in [0, 0.1) is 5.92 Å². The molecule has 0 bridgehead atoms. The van der Waals surface area contributed by atoms with Crippen molar-refractivity contribution in [2.24, 2.45) is 5.92 Å². The maximum absolute atomic E-state index is 11.8. The first-order valence-electron chi connectivity index (χ1n) is 6.25. The first-order chi connectivity index (χ1) is 8.02. The predicted molar refractivity (Wildman–Crippen MR) is 64.7 cm³/mol. The summed E-state index contributed by atoms with van der Waals surface area (Å²) < 4.78 is 0. The van der Waals surface area contributed by atoms with Crippen molar-refractivity contribution in [2.75, 3.05) is 19.6 Å². The lowest BCUT2D eigenvalue weighted by Crippen LogP contribution is -2.39. The molecule has 0 aromatic carbocycles. The third-order valence-electron chi connectivity index (χ3n) is 3.32. The highest BCUT2D eigenvalue weighted by atomic mass is 16.4. The number of aliphatic carboxylic acids is 1. The van der Waals surface area contributed by atoms with Crippen molar-refractivity contribution >= 4 is 11.9 Å². The number of likely N-dealkylation sites (tertiary alicyclic amines) is 1. The second-order valence-electron chi connectivity index (χ2n) is 4.78. The fourth-order valence-corrected chi connectivity index (χ4v) is 1.99. The summed E-state index contributed by atoms with van der Waals surface area (Å²) in [6, 6.07) is 0.344. The number of carboxylic acids is 1. The van der Waals surface area contributed by atoms with E-state index in [0.717, 1.165) is 12.8 Å². The standard InChI is InChI=1S/C12H22N2O3/c1-3-9(2)13-7-11(15)14-5-4-10(8-14)6-12(16)17/h9-10,13H,3-8H2,1-2H3,(H,16,17). The zero-order valence-corrected chi connectivity index (χ0v) is 10.6. The molecule has 1 saturated heterocycles. The molecule has 5 heteroatoms. The average molecular weight is 242 g/mol. The van der Waals surface area contributed by atoms with Crippen molar-refractivity contribution in [3.8, 4) is 0 Å². The van der Waals surface area contributed by atoms with E-state index < -0.39 is 5.97 Å². The molecule has 1 amide bonds. The van der Waals surface area contributed by atoms with Crippen molar-refractivity contribution in [2.45, 2.75) is 39.2 Å². The van der Waals surface area contributed by atoms with Gasteiger partial charge in [-0.3, -0.25) is 9.59 Å². The molecule has 1 aliphatic rings. The second kappa shape index (κ2) is 6.59. The van der Waals surface area contributed by atoms with Crippen LogP contribution in [0.5, 0.6) is 0 Å². The first-order valence-corrected chi connectivity index (χ1v) is 6.25. The minimum absolute atomic E-state index is 0.0817. The Kier molecular flexibility index (Phi) is 5.41. The van der Waals surface area contributed by atoms with Crippen LogP contribution in [0.4, 0.5) is 0 Å². The molecular formula is C12H22N2O3. The van der Waals surface area contributed by atoms with Crippen molar-refractivity contribution in [1.29, 1.82) is 0 Å². The lowest BCUT2D eigenvalue weighted by Gasteiger charge is -2.18. The Balaban J connectivity index is 2.28. The van der Waals surface area contributed by atoms with Gasteiger partial charge in [0.1, 0.15) is 0 Å². The molecule has 1 rings (SSSR count). The minimum atomic E-state index is -0.776. The van der Waals surface area contributed by atoms with Crippen LogP contribution < -0.4 is 5.32 Å². The number of nitrogens with one attached hydrogen (secondary N) is 1. The molecule has 2 atom stereocenters. The van der Waals surface area contributed by atoms with Crippen LogP contribution in [0.3, 0.4) is 0 Å². The summed E-state index contributed by atoms with van der Waals surface area (Å²) in [7, 11) is 0. The third-order valence-corrected chi connectivity index (χ3v) is 3.32. The number of rotatable bonds is 6. The van der Waals surface area contributed by atoms with Gasteiger partial charge in [0.05, 0.1) is 6.54 Å². The molecule has 0 saturated carbocycles. The van der Waals surface area contributed by atoms with E-state index in [1.165, 1.54) is 0 Å². The lowest BCUT2D eigenvalue weighted by atomic mass is 10.1. The fourth-order valence-electron chi connectivity index (χ4n) is 1.99. The SMILES string of the molecule is CCC(C)NCC(=O)N1CCC(CC(=O)O)C1. The number of nitrogens with zero attached hydrogens (tertiary/aromatic N) is 1. The third kappa shape index (κ3) is 4.73. The monoisotopic (exact) mass is 242 g/mol. The molecule has 0 aromatic heterocycles. The van der Waals surface area contributed by atoms with Gasteiger partial charge in [-0.1, -0.05) is 6.92 Å². The van der Waals surface area contributed by atoms with E-state index in [9.17, 15) is 9.59 Å². The van der Waals surface area contributed by atoms with Crippen LogP contribution in [-0.4, -0.2) is 47.6 Å². The van der Waals surface area contributed by atoms with Crippen molar-refractivity contribution in [3.05, 3.63) is 0 Å². The molecule has 2 N–H and O–H groups in total. The van der Waals surface area contributed by atoms with Crippen LogP contribution in [0.1, 0.15) is 33.1 Å². The summed E-state index contributed by atoms with van der Waals surface area (Å²) >= 11 is 0. The van der Waals surface area contributed by atoms with Gasteiger partial charge in [0.2, 0.25) is 5.91 Å². The molecule has 0 spiro atoms. The number of carbonyl (C=O) groups excluding carboxylic acids is 1. The van der Waals surface area contributed by atoms with Gasteiger partial charge in [-0.15, -0.1) is 0 Å². The van der Waals surface area contributed by atoms with E-state index in [4.69, 9.17) is 5.11 Å². The number of amides is 1. The predicted octanol–water partition coefficient (Wildman–Crippen LogP) is 0.698. The first kappa shape index (κ1) is 14.0. The number of hydrogen-bond donors (Lipinski definition) is 2. The molecule has 1 aliphatic heterocycles. The summed E-state index contributed by atoms with van der Waals surface area (Å²) in [5.41, 5.74) is 0. The van der Waals surface area contributed by atoms with Crippen LogP contribution in [0.25, 0.3) is 0 Å². The quantitative estimate of drug-likeness (QED) is 0.719. The molecule has 5 nitrogen and oxygen atoms in total. The van der Waals surface area contributed by atoms with Gasteiger partial charge in [0, 0.05) is 25.6 Å². The van der Waals surface area contributed by atoms with E-state index in [2.05, 4.69) is 12.2 Å². The minimum Gasteiger partial charge on any atom is -0.481 e. The molecule has 0 aliphatic carbocycles. The van der Waals surface area contributed by atoms with Gasteiger partial charge in [-0.25, -0.2) is 0 Å². The highest BCUT2D eigenvalue weighted by Crippen LogP contribution is 2.19. The Morgan fingerprint density at radius 3 is 2.82 bits per heavy atom. The Morgan fingerprint density at radius 2 is 2.24 bits per heavy atom. The maximum Gasteiger partial charge on any atom is 0.303 e. The Hall–Kier alpha value is -1.10. The topological polar surface area (TPSA) is 69.6 Å².